The molecule has 0 aliphatic heterocycles. The van der Waals surface area contributed by atoms with E-state index in [1.165, 1.54) is 0 Å². The van der Waals surface area contributed by atoms with Crippen molar-refractivity contribution in [3.8, 4) is 0 Å². The minimum Gasteiger partial charge on any atom is -0.444 e. The van der Waals surface area contributed by atoms with Gasteiger partial charge < -0.3 is 15.4 Å². The van der Waals surface area contributed by atoms with Gasteiger partial charge in [0.1, 0.15) is 10.6 Å². The van der Waals surface area contributed by atoms with Crippen LogP contribution in [0.1, 0.15) is 52.5 Å². The van der Waals surface area contributed by atoms with Crippen LogP contribution in [-0.2, 0) is 11.3 Å². The van der Waals surface area contributed by atoms with Crippen LogP contribution < -0.4 is 10.6 Å². The first-order chi connectivity index (χ1) is 9.80. The van der Waals surface area contributed by atoms with Gasteiger partial charge in [0.05, 0.1) is 5.54 Å². The van der Waals surface area contributed by atoms with E-state index in [9.17, 15) is 4.79 Å². The van der Waals surface area contributed by atoms with Gasteiger partial charge in [-0.05, 0) is 33.6 Å². The number of alkyl carbamates (subject to hydrolysis) is 1. The average Bonchev–Trinajstić information content (AvgIpc) is 2.88. The van der Waals surface area contributed by atoms with Crippen molar-refractivity contribution in [1.82, 2.24) is 15.6 Å². The zero-order valence-electron chi connectivity index (χ0n) is 13.7. The zero-order chi connectivity index (χ0) is 15.9. The van der Waals surface area contributed by atoms with E-state index in [1.807, 2.05) is 26.2 Å². The molecule has 0 radical (unpaired) electrons. The molecule has 0 saturated carbocycles. The van der Waals surface area contributed by atoms with E-state index < -0.39 is 5.60 Å². The standard InChI is InChI=1S/C15H27N3O2S/c1-6-15(7-2,18-13(19)20-14(3,4)5)11-16-10-12-17-8-9-21-12/h8-9,16H,6-7,10-11H2,1-5H3,(H,18,19). The van der Waals surface area contributed by atoms with Gasteiger partial charge in [-0.2, -0.15) is 0 Å². The van der Waals surface area contributed by atoms with E-state index in [1.54, 1.807) is 17.5 Å². The minimum atomic E-state index is -0.481. The molecule has 0 fully saturated rings. The van der Waals surface area contributed by atoms with Crippen LogP contribution >= 0.6 is 11.3 Å². The minimum absolute atomic E-state index is 0.292. The van der Waals surface area contributed by atoms with Gasteiger partial charge in [0.15, 0.2) is 0 Å². The Balaban J connectivity index is 2.54. The molecule has 0 aliphatic rings. The maximum atomic E-state index is 12.0. The molecule has 0 aromatic carbocycles. The number of hydrogen-bond acceptors (Lipinski definition) is 5. The molecule has 5 nitrogen and oxygen atoms in total. The summed E-state index contributed by atoms with van der Waals surface area (Å²) in [5, 5.41) is 9.41. The normalized spacial score (nSPS) is 12.2. The summed E-state index contributed by atoms with van der Waals surface area (Å²) in [6, 6.07) is 0. The number of rotatable bonds is 7. The summed E-state index contributed by atoms with van der Waals surface area (Å²) in [5.74, 6) is 0. The quantitative estimate of drug-likeness (QED) is 0.810. The van der Waals surface area contributed by atoms with Crippen LogP contribution in [0.3, 0.4) is 0 Å². The fraction of sp³-hybridized carbons (Fsp3) is 0.733. The highest BCUT2D eigenvalue weighted by atomic mass is 32.1. The van der Waals surface area contributed by atoms with Gasteiger partial charge in [0.2, 0.25) is 0 Å². The largest absolute Gasteiger partial charge is 0.444 e. The Morgan fingerprint density at radius 1 is 1.33 bits per heavy atom. The molecule has 21 heavy (non-hydrogen) atoms. The first kappa shape index (κ1) is 17.9. The highest BCUT2D eigenvalue weighted by Gasteiger charge is 2.30. The Kier molecular flexibility index (Phi) is 6.61. The first-order valence-electron chi connectivity index (χ1n) is 7.40. The molecular formula is C15H27N3O2S. The van der Waals surface area contributed by atoms with Crippen molar-refractivity contribution < 1.29 is 9.53 Å². The number of amides is 1. The molecule has 0 atom stereocenters. The Bertz CT molecular complexity index is 423. The molecule has 2 N–H and O–H groups in total. The Morgan fingerprint density at radius 3 is 2.48 bits per heavy atom. The third-order valence-corrected chi connectivity index (χ3v) is 4.12. The van der Waals surface area contributed by atoms with Crippen molar-refractivity contribution >= 4 is 17.4 Å². The van der Waals surface area contributed by atoms with Gasteiger partial charge in [0, 0.05) is 24.7 Å². The summed E-state index contributed by atoms with van der Waals surface area (Å²) < 4.78 is 5.36. The molecule has 0 aliphatic carbocycles. The fourth-order valence-corrected chi connectivity index (χ4v) is 2.58. The van der Waals surface area contributed by atoms with Crippen molar-refractivity contribution in [3.05, 3.63) is 16.6 Å². The van der Waals surface area contributed by atoms with E-state index in [-0.39, 0.29) is 11.6 Å². The number of thiazole rings is 1. The number of hydrogen-bond donors (Lipinski definition) is 2. The molecule has 1 rings (SSSR count). The summed E-state index contributed by atoms with van der Waals surface area (Å²) >= 11 is 1.62. The molecular weight excluding hydrogens is 286 g/mol. The maximum Gasteiger partial charge on any atom is 0.408 e. The second kappa shape index (κ2) is 7.75. The molecule has 1 aromatic rings. The lowest BCUT2D eigenvalue weighted by molar-refractivity contribution is 0.0446. The third kappa shape index (κ3) is 6.44. The van der Waals surface area contributed by atoms with E-state index in [0.29, 0.717) is 6.54 Å². The molecule has 1 aromatic heterocycles. The molecule has 120 valence electrons. The van der Waals surface area contributed by atoms with Crippen molar-refractivity contribution in [2.75, 3.05) is 6.54 Å². The highest BCUT2D eigenvalue weighted by molar-refractivity contribution is 7.09. The van der Waals surface area contributed by atoms with Crippen LogP contribution in [0.25, 0.3) is 0 Å². The lowest BCUT2D eigenvalue weighted by Crippen LogP contribution is -2.55. The van der Waals surface area contributed by atoms with Gasteiger partial charge in [-0.3, -0.25) is 0 Å². The van der Waals surface area contributed by atoms with Crippen LogP contribution in [0.15, 0.2) is 11.6 Å². The summed E-state index contributed by atoms with van der Waals surface area (Å²) in [6.07, 6.45) is 3.12. The second-order valence-electron chi connectivity index (χ2n) is 6.14. The van der Waals surface area contributed by atoms with Gasteiger partial charge >= 0.3 is 6.09 Å². The predicted octanol–water partition coefficient (Wildman–Crippen LogP) is 3.32. The molecule has 1 heterocycles. The van der Waals surface area contributed by atoms with Gasteiger partial charge in [0.25, 0.3) is 0 Å². The van der Waals surface area contributed by atoms with E-state index >= 15 is 0 Å². The van der Waals surface area contributed by atoms with Gasteiger partial charge in [-0.1, -0.05) is 13.8 Å². The third-order valence-electron chi connectivity index (χ3n) is 3.34. The molecule has 6 heteroatoms. The number of carbonyl (C=O) groups excluding carboxylic acids is 1. The molecule has 0 bridgehead atoms. The lowest BCUT2D eigenvalue weighted by atomic mass is 9.93. The molecule has 0 unspecified atom stereocenters. The van der Waals surface area contributed by atoms with Crippen molar-refractivity contribution in [1.29, 1.82) is 0 Å². The summed E-state index contributed by atoms with van der Waals surface area (Å²) in [7, 11) is 0. The summed E-state index contributed by atoms with van der Waals surface area (Å²) in [5.41, 5.74) is -0.773. The number of aromatic nitrogens is 1. The van der Waals surface area contributed by atoms with Crippen LogP contribution in [0.4, 0.5) is 4.79 Å². The summed E-state index contributed by atoms with van der Waals surface area (Å²) in [6.45, 7) is 11.2. The monoisotopic (exact) mass is 313 g/mol. The molecule has 1 amide bonds. The zero-order valence-corrected chi connectivity index (χ0v) is 14.5. The Labute approximate surface area is 131 Å². The van der Waals surface area contributed by atoms with Crippen LogP contribution in [0.2, 0.25) is 0 Å². The smallest absolute Gasteiger partial charge is 0.408 e. The van der Waals surface area contributed by atoms with Crippen LogP contribution in [0.5, 0.6) is 0 Å². The van der Waals surface area contributed by atoms with E-state index in [2.05, 4.69) is 29.5 Å². The Hall–Kier alpha value is -1.14. The molecule has 0 saturated heterocycles. The fourth-order valence-electron chi connectivity index (χ4n) is 1.99. The van der Waals surface area contributed by atoms with Crippen molar-refractivity contribution in [3.63, 3.8) is 0 Å². The number of carbonyl (C=O) groups is 1. The molecule has 0 spiro atoms. The van der Waals surface area contributed by atoms with Crippen molar-refractivity contribution in [2.24, 2.45) is 0 Å². The summed E-state index contributed by atoms with van der Waals surface area (Å²) in [4.78, 5) is 16.3. The van der Waals surface area contributed by atoms with E-state index in [0.717, 1.165) is 24.4 Å². The predicted molar refractivity (Wildman–Crippen MR) is 86.5 cm³/mol. The van der Waals surface area contributed by atoms with Gasteiger partial charge in [-0.25, -0.2) is 9.78 Å². The highest BCUT2D eigenvalue weighted by Crippen LogP contribution is 2.16. The maximum absolute atomic E-state index is 12.0. The van der Waals surface area contributed by atoms with Crippen molar-refractivity contribution in [2.45, 2.75) is 65.1 Å². The van der Waals surface area contributed by atoms with Gasteiger partial charge in [-0.15, -0.1) is 11.3 Å². The number of ether oxygens (including phenoxy) is 1. The number of nitrogens with zero attached hydrogens (tertiary/aromatic N) is 1. The number of nitrogens with one attached hydrogen (secondary N) is 2. The van der Waals surface area contributed by atoms with Crippen LogP contribution in [-0.4, -0.2) is 28.8 Å². The topological polar surface area (TPSA) is 63.2 Å². The lowest BCUT2D eigenvalue weighted by Gasteiger charge is -2.34. The average molecular weight is 313 g/mol. The van der Waals surface area contributed by atoms with Crippen LogP contribution in [0, 0.1) is 0 Å². The SMILES string of the molecule is CCC(CC)(CNCc1nccs1)NC(=O)OC(C)(C)C. The van der Waals surface area contributed by atoms with E-state index in [4.69, 9.17) is 4.74 Å². The second-order valence-corrected chi connectivity index (χ2v) is 7.12. The first-order valence-corrected chi connectivity index (χ1v) is 8.28. The Morgan fingerprint density at radius 2 is 2.00 bits per heavy atom.